The Bertz CT molecular complexity index is 722. The van der Waals surface area contributed by atoms with Gasteiger partial charge >= 0.3 is 0 Å². The molecule has 0 radical (unpaired) electrons. The van der Waals surface area contributed by atoms with Crippen LogP contribution in [0.5, 0.6) is 0 Å². The number of nitrogens with one attached hydrogen (secondary N) is 2. The van der Waals surface area contributed by atoms with Crippen molar-refractivity contribution in [2.75, 3.05) is 60.0 Å². The van der Waals surface area contributed by atoms with Gasteiger partial charge in [0.05, 0.1) is 18.0 Å². The molecule has 2 N–H and O–H groups in total. The number of hydrogen-bond acceptors (Lipinski definition) is 5. The van der Waals surface area contributed by atoms with Gasteiger partial charge in [-0.05, 0) is 25.6 Å². The molecule has 2 rings (SSSR count). The van der Waals surface area contributed by atoms with Crippen molar-refractivity contribution in [2.24, 2.45) is 4.99 Å². The van der Waals surface area contributed by atoms with Crippen LogP contribution in [0.2, 0.25) is 0 Å². The zero-order chi connectivity index (χ0) is 19.7. The van der Waals surface area contributed by atoms with E-state index < -0.39 is 10.0 Å². The molecule has 1 heterocycles. The normalized spacial score (nSPS) is 16.5. The molecule has 0 amide bonds. The van der Waals surface area contributed by atoms with Crippen LogP contribution in [0.3, 0.4) is 0 Å². The maximum Gasteiger partial charge on any atom is 0.243 e. The number of piperazine rings is 1. The second kappa shape index (κ2) is 12.6. The van der Waals surface area contributed by atoms with Crippen molar-refractivity contribution in [3.63, 3.8) is 0 Å². The van der Waals surface area contributed by atoms with Crippen LogP contribution in [0.1, 0.15) is 12.5 Å². The summed E-state index contributed by atoms with van der Waals surface area (Å²) >= 11 is 0. The monoisotopic (exact) mass is 525 g/mol. The molecule has 0 atom stereocenters. The number of likely N-dealkylation sites (N-methyl/N-ethyl adjacent to an activating group) is 1. The maximum atomic E-state index is 13.1. The average molecular weight is 525 g/mol. The number of methoxy groups -OCH3 is 1. The van der Waals surface area contributed by atoms with E-state index in [0.717, 1.165) is 19.6 Å². The minimum Gasteiger partial charge on any atom is -0.383 e. The van der Waals surface area contributed by atoms with E-state index in [0.29, 0.717) is 42.7 Å². The second-order valence-corrected chi connectivity index (χ2v) is 8.34. The molecule has 1 aromatic rings. The molecule has 0 spiro atoms. The van der Waals surface area contributed by atoms with Crippen molar-refractivity contribution in [3.05, 3.63) is 29.8 Å². The molecule has 1 fully saturated rings. The van der Waals surface area contributed by atoms with E-state index in [2.05, 4.69) is 20.5 Å². The Labute approximate surface area is 185 Å². The van der Waals surface area contributed by atoms with Crippen LogP contribution in [-0.4, -0.2) is 83.6 Å². The lowest BCUT2D eigenvalue weighted by Crippen LogP contribution is -2.47. The summed E-state index contributed by atoms with van der Waals surface area (Å²) < 4.78 is 32.8. The largest absolute Gasteiger partial charge is 0.383 e. The molecule has 0 bridgehead atoms. The topological polar surface area (TPSA) is 86.3 Å². The molecular weight excluding hydrogens is 493 g/mol. The summed E-state index contributed by atoms with van der Waals surface area (Å²) in [7, 11) is 0.129. The van der Waals surface area contributed by atoms with Crippen molar-refractivity contribution in [1.29, 1.82) is 0 Å². The highest BCUT2D eigenvalue weighted by atomic mass is 127. The number of ether oxygens (including phenoxy) is 1. The van der Waals surface area contributed by atoms with Crippen LogP contribution in [0.15, 0.2) is 34.2 Å². The van der Waals surface area contributed by atoms with E-state index >= 15 is 0 Å². The Morgan fingerprint density at radius 2 is 1.86 bits per heavy atom. The minimum atomic E-state index is -3.52. The summed E-state index contributed by atoms with van der Waals surface area (Å²) in [5.74, 6) is 0.640. The average Bonchev–Trinajstić information content (AvgIpc) is 2.67. The molecular formula is C18H32IN5O3S. The third-order valence-electron chi connectivity index (χ3n) is 4.40. The van der Waals surface area contributed by atoms with Gasteiger partial charge in [-0.2, -0.15) is 4.31 Å². The van der Waals surface area contributed by atoms with E-state index in [1.54, 1.807) is 23.5 Å². The van der Waals surface area contributed by atoms with Crippen molar-refractivity contribution in [1.82, 2.24) is 19.8 Å². The van der Waals surface area contributed by atoms with Gasteiger partial charge in [-0.1, -0.05) is 18.2 Å². The lowest BCUT2D eigenvalue weighted by atomic mass is 10.2. The Morgan fingerprint density at radius 1 is 1.18 bits per heavy atom. The van der Waals surface area contributed by atoms with Gasteiger partial charge < -0.3 is 20.3 Å². The maximum absolute atomic E-state index is 13.1. The van der Waals surface area contributed by atoms with Gasteiger partial charge in [0.25, 0.3) is 0 Å². The number of aliphatic imine (C=N–C) groups is 1. The summed E-state index contributed by atoms with van der Waals surface area (Å²) in [6.45, 7) is 6.70. The lowest BCUT2D eigenvalue weighted by Gasteiger charge is -2.32. The molecule has 28 heavy (non-hydrogen) atoms. The zero-order valence-corrected chi connectivity index (χ0v) is 20.0. The van der Waals surface area contributed by atoms with Crippen LogP contribution < -0.4 is 10.6 Å². The van der Waals surface area contributed by atoms with Crippen LogP contribution in [0.4, 0.5) is 0 Å². The van der Waals surface area contributed by atoms with E-state index in [4.69, 9.17) is 4.74 Å². The summed E-state index contributed by atoms with van der Waals surface area (Å²) in [6.07, 6.45) is 0. The van der Waals surface area contributed by atoms with Crippen LogP contribution in [-0.2, 0) is 21.3 Å². The summed E-state index contributed by atoms with van der Waals surface area (Å²) in [6, 6.07) is 7.10. The van der Waals surface area contributed by atoms with Gasteiger partial charge in [-0.15, -0.1) is 24.0 Å². The first-order chi connectivity index (χ1) is 13.0. The Morgan fingerprint density at radius 3 is 2.50 bits per heavy atom. The third kappa shape index (κ3) is 7.14. The summed E-state index contributed by atoms with van der Waals surface area (Å²) in [5, 5.41) is 6.32. The molecule has 1 aliphatic rings. The van der Waals surface area contributed by atoms with E-state index in [9.17, 15) is 8.42 Å². The molecule has 0 saturated carbocycles. The highest BCUT2D eigenvalue weighted by Crippen LogP contribution is 2.22. The molecule has 160 valence electrons. The van der Waals surface area contributed by atoms with Crippen LogP contribution in [0, 0.1) is 0 Å². The van der Waals surface area contributed by atoms with Crippen molar-refractivity contribution < 1.29 is 13.2 Å². The first-order valence-corrected chi connectivity index (χ1v) is 10.7. The van der Waals surface area contributed by atoms with Crippen molar-refractivity contribution in [2.45, 2.75) is 18.4 Å². The second-order valence-electron chi connectivity index (χ2n) is 6.43. The predicted octanol–water partition coefficient (Wildman–Crippen LogP) is 0.942. The highest BCUT2D eigenvalue weighted by molar-refractivity contribution is 14.0. The van der Waals surface area contributed by atoms with E-state index in [1.165, 1.54) is 0 Å². The van der Waals surface area contributed by atoms with Gasteiger partial charge in [-0.3, -0.25) is 0 Å². The fourth-order valence-electron chi connectivity index (χ4n) is 2.83. The molecule has 10 heteroatoms. The standard InChI is InChI=1S/C18H31N5O3S.HI/c1-4-19-18(20-9-14-26-3)21-15-16-7-5-6-8-17(16)27(24,25)23-12-10-22(2)11-13-23;/h5-8H,4,9-15H2,1-3H3,(H2,19,20,21);1H. The number of benzene rings is 1. The number of rotatable bonds is 8. The molecule has 1 aliphatic heterocycles. The first kappa shape index (κ1) is 25.1. The molecule has 0 unspecified atom stereocenters. The van der Waals surface area contributed by atoms with Gasteiger partial charge in [-0.25, -0.2) is 13.4 Å². The predicted molar refractivity (Wildman–Crippen MR) is 123 cm³/mol. The van der Waals surface area contributed by atoms with Gasteiger partial charge in [0, 0.05) is 46.4 Å². The van der Waals surface area contributed by atoms with Gasteiger partial charge in [0.2, 0.25) is 10.0 Å². The van der Waals surface area contributed by atoms with Crippen molar-refractivity contribution in [3.8, 4) is 0 Å². The smallest absolute Gasteiger partial charge is 0.243 e. The number of nitrogens with zero attached hydrogens (tertiary/aromatic N) is 3. The highest BCUT2D eigenvalue weighted by Gasteiger charge is 2.29. The fraction of sp³-hybridized carbons (Fsp3) is 0.611. The Balaban J connectivity index is 0.00000392. The van der Waals surface area contributed by atoms with E-state index in [-0.39, 0.29) is 30.5 Å². The number of hydrogen-bond donors (Lipinski definition) is 2. The van der Waals surface area contributed by atoms with E-state index in [1.807, 2.05) is 26.1 Å². The lowest BCUT2D eigenvalue weighted by molar-refractivity contribution is 0.203. The summed E-state index contributed by atoms with van der Waals surface area (Å²) in [4.78, 5) is 7.01. The minimum absolute atomic E-state index is 0. The third-order valence-corrected chi connectivity index (χ3v) is 6.40. The molecule has 8 nitrogen and oxygen atoms in total. The number of guanidine groups is 1. The number of sulfonamides is 1. The fourth-order valence-corrected chi connectivity index (χ4v) is 4.47. The van der Waals surface area contributed by atoms with Crippen LogP contribution in [0.25, 0.3) is 0 Å². The molecule has 0 aliphatic carbocycles. The van der Waals surface area contributed by atoms with Gasteiger partial charge in [0.15, 0.2) is 5.96 Å². The first-order valence-electron chi connectivity index (χ1n) is 9.26. The SMILES string of the molecule is CCNC(=NCc1ccccc1S(=O)(=O)N1CCN(C)CC1)NCCOC.I. The molecule has 1 aromatic carbocycles. The Hall–Kier alpha value is -0.950. The Kier molecular flexibility index (Phi) is 11.3. The van der Waals surface area contributed by atoms with Gasteiger partial charge in [0.1, 0.15) is 0 Å². The quantitative estimate of drug-likeness (QED) is 0.228. The number of halogens is 1. The van der Waals surface area contributed by atoms with Crippen molar-refractivity contribution >= 4 is 40.0 Å². The molecule has 1 saturated heterocycles. The van der Waals surface area contributed by atoms with Crippen LogP contribution >= 0.6 is 24.0 Å². The zero-order valence-electron chi connectivity index (χ0n) is 16.8. The molecule has 0 aromatic heterocycles. The summed E-state index contributed by atoms with van der Waals surface area (Å²) in [5.41, 5.74) is 0.695.